The molecule has 0 fully saturated rings. The van der Waals surface area contributed by atoms with Gasteiger partial charge >= 0.3 is 0 Å². The number of amides is 1. The van der Waals surface area contributed by atoms with Gasteiger partial charge in [-0.05, 0) is 35.2 Å². The van der Waals surface area contributed by atoms with Crippen LogP contribution < -0.4 is 5.32 Å². The fraction of sp³-hybridized carbons (Fsp3) is 0.0476. The van der Waals surface area contributed by atoms with E-state index in [1.165, 1.54) is 0 Å². The van der Waals surface area contributed by atoms with Gasteiger partial charge in [-0.25, -0.2) is 0 Å². The molecule has 122 valence electrons. The number of nitrogens with one attached hydrogen (secondary N) is 1. The fourth-order valence-corrected chi connectivity index (χ4v) is 3.73. The highest BCUT2D eigenvalue weighted by molar-refractivity contribution is 7.10. The first kappa shape index (κ1) is 15.5. The molecule has 0 aliphatic rings. The van der Waals surface area contributed by atoms with Gasteiger partial charge in [0.15, 0.2) is 0 Å². The van der Waals surface area contributed by atoms with Gasteiger partial charge < -0.3 is 5.32 Å². The molecule has 25 heavy (non-hydrogen) atoms. The zero-order valence-corrected chi connectivity index (χ0v) is 14.2. The van der Waals surface area contributed by atoms with Crippen LogP contribution in [0.2, 0.25) is 0 Å². The Morgan fingerprint density at radius 3 is 2.60 bits per heavy atom. The molecule has 2 aromatic heterocycles. The van der Waals surface area contributed by atoms with Crippen molar-refractivity contribution in [1.82, 2.24) is 10.3 Å². The highest BCUT2D eigenvalue weighted by Gasteiger charge is 2.19. The van der Waals surface area contributed by atoms with Crippen LogP contribution in [-0.2, 0) is 0 Å². The zero-order valence-electron chi connectivity index (χ0n) is 13.4. The average Bonchev–Trinajstić information content (AvgIpc) is 3.20. The Labute approximate surface area is 150 Å². The number of fused-ring (bicyclic) bond motifs is 1. The standard InChI is InChI=1S/C21H16N2OS/c24-21(17-9-4-11-18-16(17)10-5-13-22-18)23-20(19-12-6-14-25-19)15-7-2-1-3-8-15/h1-14,20H,(H,23,24)/t20-/m1/s1. The van der Waals surface area contributed by atoms with Crippen molar-refractivity contribution in [2.24, 2.45) is 0 Å². The van der Waals surface area contributed by atoms with Crippen LogP contribution >= 0.6 is 11.3 Å². The highest BCUT2D eigenvalue weighted by atomic mass is 32.1. The number of hydrogen-bond acceptors (Lipinski definition) is 3. The molecule has 2 heterocycles. The van der Waals surface area contributed by atoms with E-state index >= 15 is 0 Å². The minimum absolute atomic E-state index is 0.0964. The predicted molar refractivity (Wildman–Crippen MR) is 102 cm³/mol. The number of aromatic nitrogens is 1. The van der Waals surface area contributed by atoms with Crippen LogP contribution in [0.5, 0.6) is 0 Å². The molecular weight excluding hydrogens is 328 g/mol. The lowest BCUT2D eigenvalue weighted by Gasteiger charge is -2.18. The second-order valence-electron chi connectivity index (χ2n) is 5.71. The largest absolute Gasteiger partial charge is 0.340 e. The van der Waals surface area contributed by atoms with E-state index in [-0.39, 0.29) is 11.9 Å². The van der Waals surface area contributed by atoms with E-state index in [0.29, 0.717) is 5.56 Å². The lowest BCUT2D eigenvalue weighted by Crippen LogP contribution is -2.29. The van der Waals surface area contributed by atoms with Gasteiger partial charge in [0.2, 0.25) is 0 Å². The Kier molecular flexibility index (Phi) is 4.27. The molecule has 0 bridgehead atoms. The molecule has 4 rings (SSSR count). The maximum atomic E-state index is 13.0. The van der Waals surface area contributed by atoms with Crippen molar-refractivity contribution in [3.05, 3.63) is 100 Å². The maximum absolute atomic E-state index is 13.0. The number of nitrogens with zero attached hydrogens (tertiary/aromatic N) is 1. The minimum Gasteiger partial charge on any atom is -0.340 e. The van der Waals surface area contributed by atoms with Crippen LogP contribution in [0.15, 0.2) is 84.4 Å². The number of carbonyl (C=O) groups is 1. The molecule has 4 heteroatoms. The second kappa shape index (κ2) is 6.87. The molecule has 0 radical (unpaired) electrons. The number of carbonyl (C=O) groups excluding carboxylic acids is 1. The summed E-state index contributed by atoms with van der Waals surface area (Å²) < 4.78 is 0. The molecule has 1 amide bonds. The van der Waals surface area contributed by atoms with E-state index < -0.39 is 0 Å². The van der Waals surface area contributed by atoms with E-state index in [1.807, 2.05) is 78.2 Å². The Morgan fingerprint density at radius 1 is 0.920 bits per heavy atom. The second-order valence-corrected chi connectivity index (χ2v) is 6.69. The van der Waals surface area contributed by atoms with Gasteiger partial charge in [0.25, 0.3) is 5.91 Å². The van der Waals surface area contributed by atoms with Crippen LogP contribution in [0.4, 0.5) is 0 Å². The number of rotatable bonds is 4. The van der Waals surface area contributed by atoms with E-state index in [2.05, 4.69) is 10.3 Å². The summed E-state index contributed by atoms with van der Waals surface area (Å²) in [6, 6.07) is 23.3. The van der Waals surface area contributed by atoms with E-state index in [9.17, 15) is 4.79 Å². The first-order valence-corrected chi connectivity index (χ1v) is 8.94. The van der Waals surface area contributed by atoms with Gasteiger partial charge in [0.1, 0.15) is 0 Å². The summed E-state index contributed by atoms with van der Waals surface area (Å²) >= 11 is 1.64. The first-order valence-electron chi connectivity index (χ1n) is 8.06. The molecule has 0 saturated heterocycles. The van der Waals surface area contributed by atoms with Crippen molar-refractivity contribution in [1.29, 1.82) is 0 Å². The Bertz CT molecular complexity index is 992. The lowest BCUT2D eigenvalue weighted by atomic mass is 10.0. The highest BCUT2D eigenvalue weighted by Crippen LogP contribution is 2.27. The van der Waals surface area contributed by atoms with Crippen LogP contribution in [0.1, 0.15) is 26.8 Å². The van der Waals surface area contributed by atoms with Crippen LogP contribution in [0.3, 0.4) is 0 Å². The summed E-state index contributed by atoms with van der Waals surface area (Å²) in [5, 5.41) is 6.08. The minimum atomic E-state index is -0.166. The summed E-state index contributed by atoms with van der Waals surface area (Å²) in [6.45, 7) is 0. The van der Waals surface area contributed by atoms with Crippen molar-refractivity contribution >= 4 is 28.1 Å². The van der Waals surface area contributed by atoms with Crippen molar-refractivity contribution in [3.8, 4) is 0 Å². The van der Waals surface area contributed by atoms with Gasteiger partial charge in [-0.3, -0.25) is 9.78 Å². The molecule has 4 aromatic rings. The van der Waals surface area contributed by atoms with Crippen LogP contribution in [0.25, 0.3) is 10.9 Å². The van der Waals surface area contributed by atoms with Crippen molar-refractivity contribution in [3.63, 3.8) is 0 Å². The van der Waals surface area contributed by atoms with Crippen molar-refractivity contribution in [2.75, 3.05) is 0 Å². The Hall–Kier alpha value is -2.98. The van der Waals surface area contributed by atoms with E-state index in [4.69, 9.17) is 0 Å². The monoisotopic (exact) mass is 344 g/mol. The average molecular weight is 344 g/mol. The molecule has 3 nitrogen and oxygen atoms in total. The van der Waals surface area contributed by atoms with Gasteiger partial charge in [-0.15, -0.1) is 11.3 Å². The van der Waals surface area contributed by atoms with Crippen LogP contribution in [-0.4, -0.2) is 10.9 Å². The topological polar surface area (TPSA) is 42.0 Å². The molecule has 0 unspecified atom stereocenters. The summed E-state index contributed by atoms with van der Waals surface area (Å²) in [5.41, 5.74) is 2.53. The smallest absolute Gasteiger partial charge is 0.252 e. The number of benzene rings is 2. The third kappa shape index (κ3) is 3.16. The Balaban J connectivity index is 1.71. The van der Waals surface area contributed by atoms with Crippen molar-refractivity contribution < 1.29 is 4.79 Å². The molecule has 0 aliphatic heterocycles. The van der Waals surface area contributed by atoms with Gasteiger partial charge in [-0.2, -0.15) is 0 Å². The summed E-state index contributed by atoms with van der Waals surface area (Å²) in [5.74, 6) is -0.0964. The third-order valence-electron chi connectivity index (χ3n) is 4.13. The normalized spacial score (nSPS) is 12.0. The fourth-order valence-electron chi connectivity index (χ4n) is 2.93. The molecule has 0 saturated carbocycles. The van der Waals surface area contributed by atoms with Gasteiger partial charge in [0.05, 0.1) is 11.6 Å². The van der Waals surface area contributed by atoms with Crippen molar-refractivity contribution in [2.45, 2.75) is 6.04 Å². The number of hydrogen-bond donors (Lipinski definition) is 1. The molecular formula is C21H16N2OS. The van der Waals surface area contributed by atoms with E-state index in [1.54, 1.807) is 17.5 Å². The molecule has 1 atom stereocenters. The predicted octanol–water partition coefficient (Wildman–Crippen LogP) is 4.82. The summed E-state index contributed by atoms with van der Waals surface area (Å²) in [6.07, 6.45) is 1.74. The Morgan fingerprint density at radius 2 is 1.80 bits per heavy atom. The molecule has 2 aromatic carbocycles. The van der Waals surface area contributed by atoms with Gasteiger partial charge in [-0.1, -0.05) is 48.5 Å². The zero-order chi connectivity index (χ0) is 17.1. The maximum Gasteiger partial charge on any atom is 0.252 e. The first-order chi connectivity index (χ1) is 12.3. The van der Waals surface area contributed by atoms with Gasteiger partial charge in [0, 0.05) is 22.0 Å². The number of thiophene rings is 1. The molecule has 0 spiro atoms. The number of pyridine rings is 1. The summed E-state index contributed by atoms with van der Waals surface area (Å²) in [4.78, 5) is 18.4. The SMILES string of the molecule is O=C(N[C@H](c1ccccc1)c1cccs1)c1cccc2ncccc12. The summed E-state index contributed by atoms with van der Waals surface area (Å²) in [7, 11) is 0. The van der Waals surface area contributed by atoms with E-state index in [0.717, 1.165) is 21.3 Å². The van der Waals surface area contributed by atoms with Crippen LogP contribution in [0, 0.1) is 0 Å². The molecule has 1 N–H and O–H groups in total. The lowest BCUT2D eigenvalue weighted by molar-refractivity contribution is 0.0945. The molecule has 0 aliphatic carbocycles. The quantitative estimate of drug-likeness (QED) is 0.577. The third-order valence-corrected chi connectivity index (χ3v) is 5.06.